The van der Waals surface area contributed by atoms with Gasteiger partial charge in [0.2, 0.25) is 15.9 Å². The van der Waals surface area contributed by atoms with Crippen LogP contribution in [0.3, 0.4) is 0 Å². The van der Waals surface area contributed by atoms with Crippen molar-refractivity contribution in [2.45, 2.75) is 38.0 Å². The second kappa shape index (κ2) is 9.41. The molecule has 1 aromatic carbocycles. The number of rotatable bonds is 8. The van der Waals surface area contributed by atoms with Crippen molar-refractivity contribution in [1.29, 1.82) is 0 Å². The lowest BCUT2D eigenvalue weighted by Crippen LogP contribution is -2.43. The molecule has 2 rings (SSSR count). The minimum atomic E-state index is -3.69. The summed E-state index contributed by atoms with van der Waals surface area (Å²) in [5.74, 6) is 1.21. The summed E-state index contributed by atoms with van der Waals surface area (Å²) in [5.41, 5.74) is 0. The predicted octanol–water partition coefficient (Wildman–Crippen LogP) is 2.27. The first kappa shape index (κ1) is 21.5. The van der Waals surface area contributed by atoms with Crippen LogP contribution in [0.4, 0.5) is 0 Å². The Labute approximate surface area is 162 Å². The number of benzene rings is 1. The Balaban J connectivity index is 2.01. The molecule has 0 unspecified atom stereocenters. The van der Waals surface area contributed by atoms with E-state index in [9.17, 15) is 13.2 Å². The third-order valence-electron chi connectivity index (χ3n) is 4.83. The molecule has 0 saturated carbocycles. The standard InChI is InChI=1S/C19H30N2O5S/c1-14(2)7-10-20-19(22)15-8-11-21(12-9-15)27(23,24)18-6-5-16(25-3)13-17(18)26-4/h5-6,13-15H,7-12H2,1-4H3,(H,20,22). The van der Waals surface area contributed by atoms with Crippen LogP contribution >= 0.6 is 0 Å². The van der Waals surface area contributed by atoms with Crippen molar-refractivity contribution in [3.8, 4) is 11.5 Å². The second-order valence-corrected chi connectivity index (χ2v) is 9.08. The van der Waals surface area contributed by atoms with E-state index in [1.54, 1.807) is 12.1 Å². The molecule has 1 N–H and O–H groups in total. The molecule has 0 aliphatic carbocycles. The number of carbonyl (C=O) groups is 1. The number of carbonyl (C=O) groups excluding carboxylic acids is 1. The maximum atomic E-state index is 13.0. The fraction of sp³-hybridized carbons (Fsp3) is 0.632. The second-order valence-electron chi connectivity index (χ2n) is 7.17. The van der Waals surface area contributed by atoms with E-state index in [-0.39, 0.29) is 22.5 Å². The third-order valence-corrected chi connectivity index (χ3v) is 6.77. The molecule has 27 heavy (non-hydrogen) atoms. The van der Waals surface area contributed by atoms with E-state index in [4.69, 9.17) is 9.47 Å². The number of nitrogens with one attached hydrogen (secondary N) is 1. The van der Waals surface area contributed by atoms with Crippen LogP contribution in [-0.2, 0) is 14.8 Å². The molecule has 0 spiro atoms. The van der Waals surface area contributed by atoms with Crippen LogP contribution in [0.15, 0.2) is 23.1 Å². The number of methoxy groups -OCH3 is 2. The molecule has 0 aromatic heterocycles. The van der Waals surface area contributed by atoms with Gasteiger partial charge >= 0.3 is 0 Å². The summed E-state index contributed by atoms with van der Waals surface area (Å²) in [5, 5.41) is 2.96. The van der Waals surface area contributed by atoms with Gasteiger partial charge in [-0.05, 0) is 37.3 Å². The van der Waals surface area contributed by atoms with Gasteiger partial charge in [-0.25, -0.2) is 8.42 Å². The average molecular weight is 399 g/mol. The Hall–Kier alpha value is -1.80. The molecule has 1 amide bonds. The average Bonchev–Trinajstić information content (AvgIpc) is 2.67. The van der Waals surface area contributed by atoms with Crippen LogP contribution in [0.25, 0.3) is 0 Å². The minimum absolute atomic E-state index is 0.0229. The van der Waals surface area contributed by atoms with Gasteiger partial charge in [0.25, 0.3) is 0 Å². The molecule has 152 valence electrons. The highest BCUT2D eigenvalue weighted by Gasteiger charge is 2.33. The van der Waals surface area contributed by atoms with Crippen molar-refractivity contribution in [3.05, 3.63) is 18.2 Å². The summed E-state index contributed by atoms with van der Waals surface area (Å²) in [7, 11) is -0.740. The largest absolute Gasteiger partial charge is 0.497 e. The molecule has 1 aliphatic rings. The SMILES string of the molecule is COc1ccc(S(=O)(=O)N2CCC(C(=O)NCCC(C)C)CC2)c(OC)c1. The van der Waals surface area contributed by atoms with Gasteiger partial charge in [0.15, 0.2) is 0 Å². The molecule has 1 aromatic rings. The van der Waals surface area contributed by atoms with Gasteiger partial charge in [-0.15, -0.1) is 0 Å². The number of ether oxygens (including phenoxy) is 2. The van der Waals surface area contributed by atoms with Crippen LogP contribution in [-0.4, -0.2) is 52.5 Å². The maximum Gasteiger partial charge on any atom is 0.246 e. The molecular formula is C19H30N2O5S. The van der Waals surface area contributed by atoms with Crippen molar-refractivity contribution in [2.75, 3.05) is 33.9 Å². The molecule has 1 saturated heterocycles. The smallest absolute Gasteiger partial charge is 0.246 e. The van der Waals surface area contributed by atoms with E-state index in [1.165, 1.54) is 24.6 Å². The van der Waals surface area contributed by atoms with Gasteiger partial charge in [-0.2, -0.15) is 4.31 Å². The van der Waals surface area contributed by atoms with Crippen LogP contribution in [0.1, 0.15) is 33.1 Å². The van der Waals surface area contributed by atoms with E-state index in [0.29, 0.717) is 44.1 Å². The fourth-order valence-electron chi connectivity index (χ4n) is 3.11. The molecule has 1 fully saturated rings. The highest BCUT2D eigenvalue weighted by Crippen LogP contribution is 2.32. The summed E-state index contributed by atoms with van der Waals surface area (Å²) in [4.78, 5) is 12.4. The van der Waals surface area contributed by atoms with Crippen LogP contribution < -0.4 is 14.8 Å². The zero-order valence-electron chi connectivity index (χ0n) is 16.5. The van der Waals surface area contributed by atoms with Crippen LogP contribution in [0.2, 0.25) is 0 Å². The van der Waals surface area contributed by atoms with Crippen LogP contribution in [0, 0.1) is 11.8 Å². The number of nitrogens with zero attached hydrogens (tertiary/aromatic N) is 1. The highest BCUT2D eigenvalue weighted by molar-refractivity contribution is 7.89. The van der Waals surface area contributed by atoms with Crippen molar-refractivity contribution in [1.82, 2.24) is 9.62 Å². The first-order chi connectivity index (χ1) is 12.8. The van der Waals surface area contributed by atoms with Gasteiger partial charge in [0.1, 0.15) is 16.4 Å². The zero-order valence-corrected chi connectivity index (χ0v) is 17.3. The van der Waals surface area contributed by atoms with E-state index < -0.39 is 10.0 Å². The molecule has 0 bridgehead atoms. The first-order valence-electron chi connectivity index (χ1n) is 9.29. The molecule has 8 heteroatoms. The van der Waals surface area contributed by atoms with Gasteiger partial charge in [0.05, 0.1) is 14.2 Å². The number of amides is 1. The Morgan fingerprint density at radius 3 is 2.44 bits per heavy atom. The Morgan fingerprint density at radius 2 is 1.89 bits per heavy atom. The Kier molecular flexibility index (Phi) is 7.49. The summed E-state index contributed by atoms with van der Waals surface area (Å²) < 4.78 is 37.8. The van der Waals surface area contributed by atoms with Gasteiger partial charge in [-0.3, -0.25) is 4.79 Å². The normalized spacial score (nSPS) is 16.3. The summed E-state index contributed by atoms with van der Waals surface area (Å²) in [6.45, 7) is 5.53. The molecule has 1 heterocycles. The molecule has 0 atom stereocenters. The van der Waals surface area contributed by atoms with E-state index in [1.807, 2.05) is 0 Å². The summed E-state index contributed by atoms with van der Waals surface area (Å²) in [6, 6.07) is 4.66. The predicted molar refractivity (Wildman–Crippen MR) is 103 cm³/mol. The number of hydrogen-bond donors (Lipinski definition) is 1. The Morgan fingerprint density at radius 1 is 1.22 bits per heavy atom. The first-order valence-corrected chi connectivity index (χ1v) is 10.7. The van der Waals surface area contributed by atoms with Crippen molar-refractivity contribution in [3.63, 3.8) is 0 Å². The molecule has 0 radical (unpaired) electrons. The topological polar surface area (TPSA) is 84.9 Å². The Bertz CT molecular complexity index is 740. The lowest BCUT2D eigenvalue weighted by molar-refractivity contribution is -0.126. The van der Waals surface area contributed by atoms with Crippen molar-refractivity contribution >= 4 is 15.9 Å². The third kappa shape index (κ3) is 5.35. The van der Waals surface area contributed by atoms with Crippen LogP contribution in [0.5, 0.6) is 11.5 Å². The number of piperidine rings is 1. The molecular weight excluding hydrogens is 368 g/mol. The lowest BCUT2D eigenvalue weighted by Gasteiger charge is -2.31. The number of sulfonamides is 1. The number of hydrogen-bond acceptors (Lipinski definition) is 5. The highest BCUT2D eigenvalue weighted by atomic mass is 32.2. The van der Waals surface area contributed by atoms with E-state index in [2.05, 4.69) is 19.2 Å². The van der Waals surface area contributed by atoms with E-state index >= 15 is 0 Å². The fourth-order valence-corrected chi connectivity index (χ4v) is 4.72. The molecule has 1 aliphatic heterocycles. The quantitative estimate of drug-likeness (QED) is 0.726. The summed E-state index contributed by atoms with van der Waals surface area (Å²) >= 11 is 0. The molecule has 7 nitrogen and oxygen atoms in total. The maximum absolute atomic E-state index is 13.0. The zero-order chi connectivity index (χ0) is 20.0. The van der Waals surface area contributed by atoms with Gasteiger partial charge in [-0.1, -0.05) is 13.8 Å². The summed E-state index contributed by atoms with van der Waals surface area (Å²) in [6.07, 6.45) is 1.98. The minimum Gasteiger partial charge on any atom is -0.497 e. The van der Waals surface area contributed by atoms with Crippen molar-refractivity contribution in [2.24, 2.45) is 11.8 Å². The van der Waals surface area contributed by atoms with E-state index in [0.717, 1.165) is 6.42 Å². The van der Waals surface area contributed by atoms with Crippen molar-refractivity contribution < 1.29 is 22.7 Å². The monoisotopic (exact) mass is 398 g/mol. The lowest BCUT2D eigenvalue weighted by atomic mass is 9.97. The van der Waals surface area contributed by atoms with Gasteiger partial charge in [0, 0.05) is 31.6 Å². The van der Waals surface area contributed by atoms with Gasteiger partial charge < -0.3 is 14.8 Å².